The fourth-order valence-electron chi connectivity index (χ4n) is 8.54. The number of hydrogen-bond donors (Lipinski definition) is 16. The molecular formula is C51H72N12O17S3. The first kappa shape index (κ1) is 68.1. The lowest BCUT2D eigenvalue weighted by Crippen LogP contribution is -2.63. The van der Waals surface area contributed by atoms with Gasteiger partial charge >= 0.3 is 5.97 Å². The summed E-state index contributed by atoms with van der Waals surface area (Å²) in [6.07, 6.45) is -4.10. The minimum atomic E-state index is -1.94. The largest absolute Gasteiger partial charge is 0.508 e. The van der Waals surface area contributed by atoms with Crippen LogP contribution < -0.4 is 59.7 Å². The molecule has 2 aliphatic rings. The molecule has 32 heteroatoms. The Hall–Kier alpha value is -7.39. The van der Waals surface area contributed by atoms with Crippen LogP contribution in [-0.2, 0) is 70.4 Å². The quantitative estimate of drug-likeness (QED) is 0.0744. The number of aliphatic hydroxyl groups excluding tert-OH is 2. The zero-order chi connectivity index (χ0) is 61.7. The number of phenolic OH excluding ortho intramolecular Hbond substituents is 2. The molecule has 0 aliphatic carbocycles. The second kappa shape index (κ2) is 33.0. The molecule has 0 spiro atoms. The lowest BCUT2D eigenvalue weighted by Gasteiger charge is -2.31. The highest BCUT2D eigenvalue weighted by Crippen LogP contribution is 2.24. The number of aliphatic hydroxyl groups is 2. The second-order valence-corrected chi connectivity index (χ2v) is 23.3. The Morgan fingerprint density at radius 3 is 1.54 bits per heavy atom. The van der Waals surface area contributed by atoms with E-state index in [9.17, 15) is 83.1 Å². The third kappa shape index (κ3) is 21.7. The third-order valence-corrected chi connectivity index (χ3v) is 16.2. The Kier molecular flexibility index (Phi) is 27.1. The van der Waals surface area contributed by atoms with E-state index in [-0.39, 0.29) is 67.4 Å². The number of carbonyl (C=O) groups excluding carboxylic acids is 11. The van der Waals surface area contributed by atoms with Crippen LogP contribution in [0.5, 0.6) is 11.5 Å². The van der Waals surface area contributed by atoms with Crippen molar-refractivity contribution in [2.45, 2.75) is 138 Å². The number of thioether (sulfide) groups is 1. The van der Waals surface area contributed by atoms with Crippen molar-refractivity contribution in [3.8, 4) is 11.5 Å². The van der Waals surface area contributed by atoms with Gasteiger partial charge in [-0.05, 0) is 86.9 Å². The van der Waals surface area contributed by atoms with Crippen LogP contribution in [0.25, 0.3) is 0 Å². The number of nitrogens with zero attached hydrogens (tertiary/aromatic N) is 1. The van der Waals surface area contributed by atoms with Gasteiger partial charge in [0.05, 0.1) is 24.7 Å². The van der Waals surface area contributed by atoms with Crippen LogP contribution >= 0.6 is 33.3 Å². The average Bonchev–Trinajstić information content (AvgIpc) is 4.19. The van der Waals surface area contributed by atoms with E-state index in [1.807, 2.05) is 0 Å². The first-order valence-corrected chi connectivity index (χ1v) is 30.0. The van der Waals surface area contributed by atoms with E-state index >= 15 is 0 Å². The molecule has 2 saturated heterocycles. The van der Waals surface area contributed by atoms with Crippen molar-refractivity contribution in [3.63, 3.8) is 0 Å². The molecule has 0 bridgehead atoms. The second-order valence-electron chi connectivity index (χ2n) is 19.7. The number of aliphatic carboxylic acids is 1. The Labute approximate surface area is 489 Å². The molecular weight excluding hydrogens is 1150 g/mol. The molecule has 2 aromatic carbocycles. The van der Waals surface area contributed by atoms with Gasteiger partial charge in [0.1, 0.15) is 65.9 Å². The molecule has 29 nitrogen and oxygen atoms in total. The first-order valence-electron chi connectivity index (χ1n) is 26.1. The van der Waals surface area contributed by atoms with Crippen molar-refractivity contribution >= 4 is 104 Å². The summed E-state index contributed by atoms with van der Waals surface area (Å²) in [6, 6.07) is -5.40. The molecule has 19 N–H and O–H groups in total. The van der Waals surface area contributed by atoms with Gasteiger partial charge in [0.2, 0.25) is 65.0 Å². The van der Waals surface area contributed by atoms with Crippen LogP contribution in [-0.4, -0.2) is 204 Å². The Morgan fingerprint density at radius 1 is 0.602 bits per heavy atom. The van der Waals surface area contributed by atoms with Gasteiger partial charge in [-0.1, -0.05) is 45.9 Å². The van der Waals surface area contributed by atoms with Crippen LogP contribution in [0.15, 0.2) is 48.5 Å². The average molecular weight is 1220 g/mol. The van der Waals surface area contributed by atoms with E-state index in [1.165, 1.54) is 60.3 Å². The van der Waals surface area contributed by atoms with E-state index in [2.05, 4.69) is 42.5 Å². The monoisotopic (exact) mass is 1220 g/mol. The topological polar surface area (TPSA) is 484 Å². The predicted molar refractivity (Wildman–Crippen MR) is 303 cm³/mol. The minimum Gasteiger partial charge on any atom is -0.508 e. The molecule has 456 valence electrons. The number of fused-ring (bicyclic) bond motifs is 1. The third-order valence-electron chi connectivity index (χ3n) is 13.1. The molecule has 12 atom stereocenters. The molecule has 2 fully saturated rings. The SMILES string of the molecule is CSCC[C@@H]1NC(=O)[C@H](CCC(N)=O)NC(=O)[C@H](Cc2ccc(O)cc2)NC(=O)[C@H]([C@@H](C)O)NC(=O)[C@H]([C@@H](C)O)NC(=O)[C@@H]2CCCN2C(=O)[C@H](CC(N)=O)NC(=O)[C@H](Cc2ccc(O)cc2)NC(=O)[C@@H](N)CSSC[C@@H](C(=O)O)NC1=O. The molecule has 0 radical (unpaired) electrons. The van der Waals surface area contributed by atoms with Crippen molar-refractivity contribution in [1.29, 1.82) is 0 Å². The lowest BCUT2D eigenvalue weighted by molar-refractivity contribution is -0.144. The van der Waals surface area contributed by atoms with E-state index < -0.39 is 163 Å². The summed E-state index contributed by atoms with van der Waals surface area (Å²) in [5.41, 5.74) is 17.9. The standard InChI is InChI=1S/C51H72N12O17S3/c1-24(64)40-48(76)58-34(20-27-8-12-29(67)13-9-27)45(73)55-31(14-15-38(53)68)43(71)56-32(16-18-81-3)44(72)60-36(51(79)80)23-83-82-22-30(52)42(70)57-33(19-26-6-10-28(66)11-7-26)46(74)59-35(21-39(54)69)50(78)63-17-4-5-37(63)47(75)61-41(25(2)65)49(77)62-40/h6-13,24-25,30-37,40-41,64-67H,4-5,14-23,52H2,1-3H3,(H2,53,68)(H2,54,69)(H,55,73)(H,56,71)(H,57,70)(H,58,76)(H,59,74)(H,60,72)(H,61,75)(H,62,77)(H,79,80)/t24-,25-,30+,31+,32+,33+,34+,35+,36+,37+,40+,41+/m1/s1. The zero-order valence-corrected chi connectivity index (χ0v) is 48.0. The van der Waals surface area contributed by atoms with Crippen LogP contribution in [0.3, 0.4) is 0 Å². The summed E-state index contributed by atoms with van der Waals surface area (Å²) in [5, 5.41) is 71.2. The number of phenols is 2. The number of amides is 11. The van der Waals surface area contributed by atoms with Gasteiger partial charge < -0.3 is 90.2 Å². The zero-order valence-electron chi connectivity index (χ0n) is 45.6. The number of carboxylic acids is 1. The maximum atomic E-state index is 14.3. The molecule has 83 heavy (non-hydrogen) atoms. The maximum absolute atomic E-state index is 14.3. The summed E-state index contributed by atoms with van der Waals surface area (Å²) >= 11 is 1.27. The fraction of sp³-hybridized carbons (Fsp3) is 0.529. The number of carboxylic acid groups (broad SMARTS) is 1. The van der Waals surface area contributed by atoms with Crippen molar-refractivity contribution in [2.24, 2.45) is 17.2 Å². The van der Waals surface area contributed by atoms with E-state index in [1.54, 1.807) is 6.26 Å². The number of nitrogens with two attached hydrogens (primary N) is 3. The van der Waals surface area contributed by atoms with E-state index in [0.29, 0.717) is 11.1 Å². The van der Waals surface area contributed by atoms with Gasteiger partial charge in [-0.3, -0.25) is 52.7 Å². The number of hydrogen-bond acceptors (Lipinski definition) is 20. The molecule has 0 aromatic heterocycles. The van der Waals surface area contributed by atoms with Crippen molar-refractivity contribution in [2.75, 3.05) is 30.1 Å². The van der Waals surface area contributed by atoms with Gasteiger partial charge in [0, 0.05) is 37.3 Å². The molecule has 0 saturated carbocycles. The number of aromatic hydroxyl groups is 2. The highest BCUT2D eigenvalue weighted by Gasteiger charge is 2.42. The molecule has 2 heterocycles. The highest BCUT2D eigenvalue weighted by atomic mass is 33.1. The number of carbonyl (C=O) groups is 12. The Morgan fingerprint density at radius 2 is 1.05 bits per heavy atom. The summed E-state index contributed by atoms with van der Waals surface area (Å²) in [6.45, 7) is 2.08. The van der Waals surface area contributed by atoms with E-state index in [4.69, 9.17) is 17.2 Å². The van der Waals surface area contributed by atoms with Crippen molar-refractivity contribution in [3.05, 3.63) is 59.7 Å². The van der Waals surface area contributed by atoms with Crippen LogP contribution in [0.1, 0.15) is 63.5 Å². The first-order chi connectivity index (χ1) is 39.2. The van der Waals surface area contributed by atoms with Crippen LogP contribution in [0.4, 0.5) is 0 Å². The van der Waals surface area contributed by atoms with Gasteiger partial charge in [-0.2, -0.15) is 11.8 Å². The normalized spacial score (nSPS) is 26.3. The summed E-state index contributed by atoms with van der Waals surface area (Å²) in [7, 11) is 1.82. The highest BCUT2D eigenvalue weighted by molar-refractivity contribution is 8.76. The van der Waals surface area contributed by atoms with Gasteiger partial charge in [0.25, 0.3) is 0 Å². The number of benzene rings is 2. The summed E-state index contributed by atoms with van der Waals surface area (Å²) < 4.78 is 0. The summed E-state index contributed by atoms with van der Waals surface area (Å²) in [4.78, 5) is 165. The molecule has 2 aromatic rings. The Bertz CT molecular complexity index is 2660. The molecule has 2 aliphatic heterocycles. The Balaban J connectivity index is 1.78. The molecule has 11 amide bonds. The molecule has 0 unspecified atom stereocenters. The number of nitrogens with one attached hydrogen (secondary N) is 8. The minimum absolute atomic E-state index is 0.0326. The van der Waals surface area contributed by atoms with Crippen LogP contribution in [0.2, 0.25) is 0 Å². The van der Waals surface area contributed by atoms with Gasteiger partial charge in [-0.15, -0.1) is 0 Å². The predicted octanol–water partition coefficient (Wildman–Crippen LogP) is -4.79. The fourth-order valence-corrected chi connectivity index (χ4v) is 11.3. The lowest BCUT2D eigenvalue weighted by atomic mass is 10.0. The van der Waals surface area contributed by atoms with Crippen molar-refractivity contribution in [1.82, 2.24) is 47.4 Å². The van der Waals surface area contributed by atoms with E-state index in [0.717, 1.165) is 40.3 Å². The van der Waals surface area contributed by atoms with Crippen molar-refractivity contribution < 1.29 is 83.1 Å². The van der Waals surface area contributed by atoms with Gasteiger partial charge in [0.15, 0.2) is 0 Å². The maximum Gasteiger partial charge on any atom is 0.327 e. The smallest absolute Gasteiger partial charge is 0.327 e. The van der Waals surface area contributed by atoms with Gasteiger partial charge in [-0.25, -0.2) is 4.79 Å². The summed E-state index contributed by atoms with van der Waals surface area (Å²) in [5.74, 6) is -13.5. The van der Waals surface area contributed by atoms with Crippen LogP contribution in [0, 0.1) is 0 Å². The molecule has 4 rings (SSSR count). The number of rotatable bonds is 15. The number of primary amides is 2.